The van der Waals surface area contributed by atoms with Crippen LogP contribution in [-0.4, -0.2) is 62.3 Å². The SMILES string of the molecule is COC(=O)C(Cc1cccc(C(=N)N)c1)C(C)NC(=O)c1ccc(-c2ccc(OC)c(OC)c2)cc1.O=C(O)C(F)(F)F. The highest BCUT2D eigenvalue weighted by Gasteiger charge is 2.38. The van der Waals surface area contributed by atoms with E-state index in [1.807, 2.05) is 36.4 Å². The molecule has 3 aromatic carbocycles. The van der Waals surface area contributed by atoms with E-state index < -0.39 is 30.1 Å². The van der Waals surface area contributed by atoms with Gasteiger partial charge in [-0.1, -0.05) is 36.4 Å². The molecule has 2 unspecified atom stereocenters. The zero-order valence-electron chi connectivity index (χ0n) is 23.8. The fourth-order valence-corrected chi connectivity index (χ4v) is 3.96. The van der Waals surface area contributed by atoms with Crippen LogP contribution in [0.15, 0.2) is 66.7 Å². The maximum Gasteiger partial charge on any atom is 0.490 e. The number of nitrogen functional groups attached to an aromatic ring is 1. The standard InChI is InChI=1S/C28H31N3O5.C2HF3O2/c1-17(23(28(33)36-4)15-18-6-5-7-22(14-18)26(29)30)31-27(32)20-10-8-19(9-11-20)21-12-13-24(34-2)25(16-21)35-3;3-2(4,5)1(6)7/h5-14,16-17,23H,15H2,1-4H3,(H3,29,30)(H,31,32);(H,6,7). The molecule has 0 fully saturated rings. The minimum atomic E-state index is -5.08. The van der Waals surface area contributed by atoms with Crippen LogP contribution in [0.4, 0.5) is 13.2 Å². The summed E-state index contributed by atoms with van der Waals surface area (Å²) in [5, 5.41) is 17.7. The molecule has 3 aromatic rings. The average Bonchev–Trinajstić information content (AvgIpc) is 2.99. The minimum Gasteiger partial charge on any atom is -0.493 e. The van der Waals surface area contributed by atoms with Crippen molar-refractivity contribution >= 4 is 23.7 Å². The Morgan fingerprint density at radius 1 is 0.907 bits per heavy atom. The number of methoxy groups -OCH3 is 3. The number of hydrogen-bond donors (Lipinski definition) is 4. The second-order valence-corrected chi connectivity index (χ2v) is 9.16. The Labute approximate surface area is 246 Å². The van der Waals surface area contributed by atoms with Gasteiger partial charge < -0.3 is 30.4 Å². The number of benzene rings is 3. The number of carbonyl (C=O) groups is 3. The molecule has 5 N–H and O–H groups in total. The van der Waals surface area contributed by atoms with Crippen LogP contribution in [-0.2, 0) is 20.7 Å². The maximum absolute atomic E-state index is 13.0. The van der Waals surface area contributed by atoms with E-state index in [2.05, 4.69) is 5.32 Å². The zero-order chi connectivity index (χ0) is 32.3. The van der Waals surface area contributed by atoms with Crippen molar-refractivity contribution < 1.29 is 46.9 Å². The van der Waals surface area contributed by atoms with E-state index in [1.54, 1.807) is 51.5 Å². The van der Waals surface area contributed by atoms with Gasteiger partial charge in [0.25, 0.3) is 5.91 Å². The van der Waals surface area contributed by atoms with Crippen molar-refractivity contribution in [1.82, 2.24) is 5.32 Å². The molecular weight excluding hydrogens is 571 g/mol. The highest BCUT2D eigenvalue weighted by molar-refractivity contribution is 5.96. The van der Waals surface area contributed by atoms with Crippen molar-refractivity contribution in [3.05, 3.63) is 83.4 Å². The van der Waals surface area contributed by atoms with Crippen molar-refractivity contribution in [3.8, 4) is 22.6 Å². The number of carbonyl (C=O) groups excluding carboxylic acids is 2. The van der Waals surface area contributed by atoms with E-state index >= 15 is 0 Å². The Kier molecular flexibility index (Phi) is 12.1. The molecule has 3 rings (SSSR count). The van der Waals surface area contributed by atoms with Crippen molar-refractivity contribution in [1.29, 1.82) is 5.41 Å². The molecule has 0 radical (unpaired) electrons. The van der Waals surface area contributed by atoms with Crippen LogP contribution in [0.3, 0.4) is 0 Å². The number of halogens is 3. The highest BCUT2D eigenvalue weighted by atomic mass is 19.4. The Morgan fingerprint density at radius 3 is 2.00 bits per heavy atom. The fourth-order valence-electron chi connectivity index (χ4n) is 3.96. The minimum absolute atomic E-state index is 0.0515. The largest absolute Gasteiger partial charge is 0.493 e. The van der Waals surface area contributed by atoms with Gasteiger partial charge in [-0.3, -0.25) is 15.0 Å². The molecule has 0 aromatic heterocycles. The molecule has 10 nitrogen and oxygen atoms in total. The van der Waals surface area contributed by atoms with Crippen molar-refractivity contribution in [3.63, 3.8) is 0 Å². The van der Waals surface area contributed by atoms with Gasteiger partial charge in [-0.2, -0.15) is 13.2 Å². The monoisotopic (exact) mass is 603 g/mol. The number of alkyl halides is 3. The highest BCUT2D eigenvalue weighted by Crippen LogP contribution is 2.32. The number of esters is 1. The van der Waals surface area contributed by atoms with Crippen molar-refractivity contribution in [2.75, 3.05) is 21.3 Å². The molecule has 0 saturated carbocycles. The zero-order valence-corrected chi connectivity index (χ0v) is 23.8. The Morgan fingerprint density at radius 2 is 1.49 bits per heavy atom. The first-order valence-electron chi connectivity index (χ1n) is 12.7. The summed E-state index contributed by atoms with van der Waals surface area (Å²) >= 11 is 0. The Bertz CT molecular complexity index is 1440. The Balaban J connectivity index is 0.000000821. The summed E-state index contributed by atoms with van der Waals surface area (Å²) in [5.41, 5.74) is 9.28. The van der Waals surface area contributed by atoms with Gasteiger partial charge in [0.15, 0.2) is 11.5 Å². The predicted octanol–water partition coefficient (Wildman–Crippen LogP) is 4.44. The van der Waals surface area contributed by atoms with Crippen LogP contribution in [0.2, 0.25) is 0 Å². The summed E-state index contributed by atoms with van der Waals surface area (Å²) in [5.74, 6) is -2.90. The van der Waals surface area contributed by atoms with Crippen LogP contribution in [0, 0.1) is 11.3 Å². The lowest BCUT2D eigenvalue weighted by Crippen LogP contribution is -2.42. The summed E-state index contributed by atoms with van der Waals surface area (Å²) in [6.07, 6.45) is -4.76. The van der Waals surface area contributed by atoms with Gasteiger partial charge in [-0.05, 0) is 60.4 Å². The molecule has 0 aliphatic heterocycles. The first kappa shape index (κ1) is 34.1. The topological polar surface area (TPSA) is 161 Å². The van der Waals surface area contributed by atoms with Gasteiger partial charge in [0.2, 0.25) is 0 Å². The summed E-state index contributed by atoms with van der Waals surface area (Å²) < 4.78 is 47.4. The van der Waals surface area contributed by atoms with E-state index in [9.17, 15) is 22.8 Å². The van der Waals surface area contributed by atoms with Gasteiger partial charge in [0.05, 0.1) is 27.2 Å². The molecule has 0 bridgehead atoms. The lowest BCUT2D eigenvalue weighted by molar-refractivity contribution is -0.192. The lowest BCUT2D eigenvalue weighted by Gasteiger charge is -2.23. The molecular formula is C30H32F3N3O7. The van der Waals surface area contributed by atoms with Crippen LogP contribution >= 0.6 is 0 Å². The van der Waals surface area contributed by atoms with Crippen LogP contribution in [0.25, 0.3) is 11.1 Å². The number of ether oxygens (including phenoxy) is 3. The normalized spacial score (nSPS) is 12.1. The van der Waals surface area contributed by atoms with Crippen LogP contribution in [0.1, 0.15) is 28.4 Å². The fraction of sp³-hybridized carbons (Fsp3) is 0.267. The van der Waals surface area contributed by atoms with E-state index in [-0.39, 0.29) is 11.7 Å². The third-order valence-electron chi connectivity index (χ3n) is 6.27. The van der Waals surface area contributed by atoms with Gasteiger partial charge in [-0.15, -0.1) is 0 Å². The lowest BCUT2D eigenvalue weighted by atomic mass is 9.92. The first-order valence-corrected chi connectivity index (χ1v) is 12.7. The maximum atomic E-state index is 13.0. The van der Waals surface area contributed by atoms with E-state index in [0.717, 1.165) is 16.7 Å². The van der Waals surface area contributed by atoms with E-state index in [4.69, 9.17) is 35.3 Å². The number of nitrogens with two attached hydrogens (primary N) is 1. The molecule has 0 spiro atoms. The summed E-state index contributed by atoms with van der Waals surface area (Å²) in [4.78, 5) is 34.4. The predicted molar refractivity (Wildman–Crippen MR) is 152 cm³/mol. The number of aliphatic carboxylic acids is 1. The molecule has 43 heavy (non-hydrogen) atoms. The van der Waals surface area contributed by atoms with Gasteiger partial charge in [0, 0.05) is 17.2 Å². The summed E-state index contributed by atoms with van der Waals surface area (Å²) in [6, 6.07) is 19.4. The van der Waals surface area contributed by atoms with Gasteiger partial charge >= 0.3 is 18.1 Å². The van der Waals surface area contributed by atoms with Gasteiger partial charge in [0.1, 0.15) is 5.84 Å². The van der Waals surface area contributed by atoms with E-state index in [1.165, 1.54) is 7.11 Å². The summed E-state index contributed by atoms with van der Waals surface area (Å²) in [6.45, 7) is 1.77. The number of amides is 1. The number of amidine groups is 1. The molecule has 0 aliphatic rings. The third-order valence-corrected chi connectivity index (χ3v) is 6.27. The van der Waals surface area contributed by atoms with Gasteiger partial charge in [-0.25, -0.2) is 4.79 Å². The number of hydrogen-bond acceptors (Lipinski definition) is 7. The summed E-state index contributed by atoms with van der Waals surface area (Å²) in [7, 11) is 4.49. The Hall–Kier alpha value is -5.07. The van der Waals surface area contributed by atoms with Crippen molar-refractivity contribution in [2.45, 2.75) is 25.6 Å². The molecule has 0 saturated heterocycles. The van der Waals surface area contributed by atoms with Crippen LogP contribution in [0.5, 0.6) is 11.5 Å². The molecule has 0 heterocycles. The molecule has 0 aliphatic carbocycles. The quantitative estimate of drug-likeness (QED) is 0.150. The molecule has 1 amide bonds. The van der Waals surface area contributed by atoms with Crippen molar-refractivity contribution in [2.24, 2.45) is 11.7 Å². The first-order chi connectivity index (χ1) is 20.2. The molecule has 2 atom stereocenters. The number of carboxylic acids is 1. The number of nitrogens with one attached hydrogen (secondary N) is 2. The van der Waals surface area contributed by atoms with Crippen LogP contribution < -0.4 is 20.5 Å². The average molecular weight is 604 g/mol. The second-order valence-electron chi connectivity index (χ2n) is 9.16. The third kappa shape index (κ3) is 9.76. The van der Waals surface area contributed by atoms with E-state index in [0.29, 0.717) is 29.0 Å². The smallest absolute Gasteiger partial charge is 0.490 e. The molecule has 13 heteroatoms. The number of carboxylic acid groups (broad SMARTS) is 1. The second kappa shape index (κ2) is 15.2. The number of rotatable bonds is 10. The molecule has 230 valence electrons.